The average molecular weight is 267 g/mol. The minimum atomic E-state index is -0.189. The number of nitrogens with one attached hydrogen (secondary N) is 1. The van der Waals surface area contributed by atoms with E-state index >= 15 is 0 Å². The Kier molecular flexibility index (Phi) is 5.95. The normalized spacial score (nSPS) is 15.3. The van der Waals surface area contributed by atoms with Crippen LogP contribution in [0.3, 0.4) is 0 Å². The highest BCUT2D eigenvalue weighted by atomic mass is 19.1. The van der Waals surface area contributed by atoms with Gasteiger partial charge < -0.3 is 10.1 Å². The Morgan fingerprint density at radius 3 is 2.26 bits per heavy atom. The fourth-order valence-corrected chi connectivity index (χ4v) is 2.15. The third-order valence-corrected chi connectivity index (χ3v) is 3.27. The second-order valence-electron chi connectivity index (χ2n) is 6.22. The molecule has 0 saturated heterocycles. The quantitative estimate of drug-likeness (QED) is 0.850. The molecular formula is C16H26FNO. The molecule has 0 bridgehead atoms. The third kappa shape index (κ3) is 5.70. The first-order valence-electron chi connectivity index (χ1n) is 6.83. The van der Waals surface area contributed by atoms with E-state index in [4.69, 9.17) is 4.74 Å². The van der Waals surface area contributed by atoms with Crippen LogP contribution in [0.1, 0.15) is 39.2 Å². The van der Waals surface area contributed by atoms with Crippen LogP contribution < -0.4 is 5.32 Å². The summed E-state index contributed by atoms with van der Waals surface area (Å²) in [7, 11) is 1.72. The Hall–Kier alpha value is -0.930. The van der Waals surface area contributed by atoms with Crippen molar-refractivity contribution in [1.29, 1.82) is 0 Å². The van der Waals surface area contributed by atoms with Gasteiger partial charge >= 0.3 is 0 Å². The van der Waals surface area contributed by atoms with Crippen LogP contribution in [0.4, 0.5) is 4.39 Å². The van der Waals surface area contributed by atoms with E-state index in [1.165, 1.54) is 12.1 Å². The second-order valence-corrected chi connectivity index (χ2v) is 6.22. The Morgan fingerprint density at radius 1 is 1.21 bits per heavy atom. The lowest BCUT2D eigenvalue weighted by atomic mass is 9.87. The van der Waals surface area contributed by atoms with Crippen LogP contribution >= 0.6 is 0 Å². The summed E-state index contributed by atoms with van der Waals surface area (Å²) in [6.07, 6.45) is 0. The van der Waals surface area contributed by atoms with E-state index in [2.05, 4.69) is 33.0 Å². The maximum Gasteiger partial charge on any atom is 0.123 e. The van der Waals surface area contributed by atoms with Crippen LogP contribution in [0.2, 0.25) is 0 Å². The van der Waals surface area contributed by atoms with Gasteiger partial charge in [0.2, 0.25) is 0 Å². The summed E-state index contributed by atoms with van der Waals surface area (Å²) in [5.41, 5.74) is 1.23. The maximum atomic E-state index is 13.0. The Labute approximate surface area is 116 Å². The largest absolute Gasteiger partial charge is 0.384 e. The summed E-state index contributed by atoms with van der Waals surface area (Å²) in [6.45, 7) is 10.2. The molecule has 1 aromatic rings. The molecule has 1 N–H and O–H groups in total. The summed E-state index contributed by atoms with van der Waals surface area (Å²) in [5, 5.41) is 3.53. The maximum absolute atomic E-state index is 13.0. The lowest BCUT2D eigenvalue weighted by Crippen LogP contribution is -2.40. The molecule has 108 valence electrons. The molecule has 0 radical (unpaired) electrons. The van der Waals surface area contributed by atoms with E-state index < -0.39 is 0 Å². The van der Waals surface area contributed by atoms with Crippen LogP contribution in [-0.4, -0.2) is 25.8 Å². The summed E-state index contributed by atoms with van der Waals surface area (Å²) < 4.78 is 18.3. The van der Waals surface area contributed by atoms with Crippen molar-refractivity contribution in [1.82, 2.24) is 5.32 Å². The molecule has 0 spiro atoms. The summed E-state index contributed by atoms with van der Waals surface area (Å²) in [4.78, 5) is 0. The molecule has 0 fully saturated rings. The highest BCUT2D eigenvalue weighted by molar-refractivity contribution is 5.21. The molecule has 1 rings (SSSR count). The lowest BCUT2D eigenvalue weighted by Gasteiger charge is -2.29. The van der Waals surface area contributed by atoms with Crippen LogP contribution in [0, 0.1) is 11.7 Å². The number of hydrogen-bond acceptors (Lipinski definition) is 2. The number of methoxy groups -OCH3 is 1. The zero-order chi connectivity index (χ0) is 14.5. The highest BCUT2D eigenvalue weighted by Crippen LogP contribution is 2.25. The van der Waals surface area contributed by atoms with Crippen LogP contribution in [0.15, 0.2) is 24.3 Å². The summed E-state index contributed by atoms with van der Waals surface area (Å²) in [6, 6.07) is 6.80. The standard InChI is InChI=1S/C16H26FNO/c1-12(11-19-5)15(10-18-16(2,3)4)13-6-8-14(17)9-7-13/h6-9,12,15,18H,10-11H2,1-5H3. The molecule has 1 aromatic carbocycles. The van der Waals surface area contributed by atoms with Gasteiger partial charge in [0.15, 0.2) is 0 Å². The summed E-state index contributed by atoms with van der Waals surface area (Å²) >= 11 is 0. The lowest BCUT2D eigenvalue weighted by molar-refractivity contribution is 0.144. The first-order chi connectivity index (χ1) is 8.83. The van der Waals surface area contributed by atoms with Crippen molar-refractivity contribution in [2.45, 2.75) is 39.2 Å². The van der Waals surface area contributed by atoms with Gasteiger partial charge in [0, 0.05) is 31.7 Å². The van der Waals surface area contributed by atoms with E-state index in [0.717, 1.165) is 12.1 Å². The smallest absolute Gasteiger partial charge is 0.123 e. The van der Waals surface area contributed by atoms with Gasteiger partial charge in [-0.05, 0) is 44.4 Å². The van der Waals surface area contributed by atoms with Gasteiger partial charge in [0.05, 0.1) is 0 Å². The first-order valence-corrected chi connectivity index (χ1v) is 6.83. The molecule has 0 saturated carbocycles. The molecule has 2 atom stereocenters. The number of hydrogen-bond donors (Lipinski definition) is 1. The zero-order valence-corrected chi connectivity index (χ0v) is 12.7. The van der Waals surface area contributed by atoms with Crippen molar-refractivity contribution >= 4 is 0 Å². The first kappa shape index (κ1) is 16.1. The van der Waals surface area contributed by atoms with Crippen molar-refractivity contribution in [3.63, 3.8) is 0 Å². The second kappa shape index (κ2) is 7.01. The molecule has 3 heteroatoms. The van der Waals surface area contributed by atoms with E-state index in [1.807, 2.05) is 12.1 Å². The number of ether oxygens (including phenoxy) is 1. The van der Waals surface area contributed by atoms with Gasteiger partial charge in [-0.25, -0.2) is 4.39 Å². The van der Waals surface area contributed by atoms with Gasteiger partial charge in [-0.2, -0.15) is 0 Å². The molecule has 0 aliphatic heterocycles. The molecular weight excluding hydrogens is 241 g/mol. The van der Waals surface area contributed by atoms with Crippen LogP contribution in [0.25, 0.3) is 0 Å². The predicted octanol–water partition coefficient (Wildman–Crippen LogP) is 3.58. The van der Waals surface area contributed by atoms with Crippen molar-refractivity contribution in [2.24, 2.45) is 5.92 Å². The molecule has 0 aliphatic carbocycles. The highest BCUT2D eigenvalue weighted by Gasteiger charge is 2.21. The van der Waals surface area contributed by atoms with E-state index in [-0.39, 0.29) is 11.4 Å². The molecule has 0 aromatic heterocycles. The fourth-order valence-electron chi connectivity index (χ4n) is 2.15. The average Bonchev–Trinajstić information content (AvgIpc) is 2.30. The Balaban J connectivity index is 2.82. The van der Waals surface area contributed by atoms with Gasteiger partial charge in [-0.15, -0.1) is 0 Å². The number of rotatable bonds is 6. The fraction of sp³-hybridized carbons (Fsp3) is 0.625. The van der Waals surface area contributed by atoms with Crippen molar-refractivity contribution in [3.05, 3.63) is 35.6 Å². The van der Waals surface area contributed by atoms with Crippen molar-refractivity contribution in [3.8, 4) is 0 Å². The van der Waals surface area contributed by atoms with Crippen LogP contribution in [-0.2, 0) is 4.74 Å². The van der Waals surface area contributed by atoms with E-state index in [9.17, 15) is 4.39 Å². The Morgan fingerprint density at radius 2 is 1.79 bits per heavy atom. The van der Waals surface area contributed by atoms with Gasteiger partial charge in [-0.1, -0.05) is 19.1 Å². The monoisotopic (exact) mass is 267 g/mol. The minimum Gasteiger partial charge on any atom is -0.384 e. The van der Waals surface area contributed by atoms with Gasteiger partial charge in [0.1, 0.15) is 5.82 Å². The van der Waals surface area contributed by atoms with Crippen molar-refractivity contribution < 1.29 is 9.13 Å². The minimum absolute atomic E-state index is 0.0745. The summed E-state index contributed by atoms with van der Waals surface area (Å²) in [5.74, 6) is 0.510. The topological polar surface area (TPSA) is 21.3 Å². The SMILES string of the molecule is COCC(C)C(CNC(C)(C)C)c1ccc(F)cc1. The van der Waals surface area contributed by atoms with Gasteiger partial charge in [-0.3, -0.25) is 0 Å². The molecule has 0 aliphatic rings. The Bertz CT molecular complexity index is 369. The van der Waals surface area contributed by atoms with Crippen molar-refractivity contribution in [2.75, 3.05) is 20.3 Å². The number of benzene rings is 1. The van der Waals surface area contributed by atoms with Crippen LogP contribution in [0.5, 0.6) is 0 Å². The van der Waals surface area contributed by atoms with E-state index in [1.54, 1.807) is 7.11 Å². The molecule has 2 nitrogen and oxygen atoms in total. The molecule has 0 heterocycles. The van der Waals surface area contributed by atoms with E-state index in [0.29, 0.717) is 18.4 Å². The molecule has 0 amide bonds. The van der Waals surface area contributed by atoms with Gasteiger partial charge in [0.25, 0.3) is 0 Å². The third-order valence-electron chi connectivity index (χ3n) is 3.27. The predicted molar refractivity (Wildman–Crippen MR) is 77.9 cm³/mol. The molecule has 19 heavy (non-hydrogen) atoms. The molecule has 2 unspecified atom stereocenters. The number of halogens is 1. The zero-order valence-electron chi connectivity index (χ0n) is 12.7.